The van der Waals surface area contributed by atoms with Gasteiger partial charge in [-0.3, -0.25) is 0 Å². The number of imidazole rings is 1. The van der Waals surface area contributed by atoms with E-state index in [9.17, 15) is 17.6 Å². The number of aromatic amines is 1. The van der Waals surface area contributed by atoms with Crippen LogP contribution in [0.3, 0.4) is 0 Å². The molecule has 0 atom stereocenters. The number of aryl methyl sites for hydroxylation is 1. The maximum Gasteiger partial charge on any atom is 0.170 e. The number of terminal acetylenes is 1. The van der Waals surface area contributed by atoms with E-state index in [-0.39, 0.29) is 11.1 Å². The van der Waals surface area contributed by atoms with E-state index >= 15 is 0 Å². The zero-order valence-electron chi connectivity index (χ0n) is 16.5. The Morgan fingerprint density at radius 2 is 1.48 bits per heavy atom. The minimum atomic E-state index is -1.45. The normalized spacial score (nSPS) is 11.1. The van der Waals surface area contributed by atoms with Crippen molar-refractivity contribution in [3.8, 4) is 34.6 Å². The van der Waals surface area contributed by atoms with Gasteiger partial charge >= 0.3 is 0 Å². The largest absolute Gasteiger partial charge is 0.342 e. The van der Waals surface area contributed by atoms with Crippen LogP contribution in [0.25, 0.3) is 33.3 Å². The first-order valence-corrected chi connectivity index (χ1v) is 9.47. The van der Waals surface area contributed by atoms with Crippen LogP contribution in [0, 0.1) is 42.5 Å². The van der Waals surface area contributed by atoms with Crippen molar-refractivity contribution in [2.24, 2.45) is 0 Å². The zero-order chi connectivity index (χ0) is 22.1. The second-order valence-corrected chi connectivity index (χ2v) is 7.06. The lowest BCUT2D eigenvalue weighted by molar-refractivity contribution is 0.463. The Morgan fingerprint density at radius 3 is 2.10 bits per heavy atom. The molecule has 156 valence electrons. The van der Waals surface area contributed by atoms with Crippen molar-refractivity contribution >= 4 is 11.0 Å². The van der Waals surface area contributed by atoms with Gasteiger partial charge < -0.3 is 10.3 Å². The van der Waals surface area contributed by atoms with Crippen molar-refractivity contribution in [3.05, 3.63) is 77.1 Å². The summed E-state index contributed by atoms with van der Waals surface area (Å²) in [6.07, 6.45) is 5.17. The van der Waals surface area contributed by atoms with Crippen LogP contribution < -0.4 is 5.32 Å². The van der Waals surface area contributed by atoms with Gasteiger partial charge in [0, 0.05) is 6.54 Å². The predicted octanol–water partition coefficient (Wildman–Crippen LogP) is 5.48. The molecular formula is C24H17F4N3. The molecule has 7 heteroatoms. The summed E-state index contributed by atoms with van der Waals surface area (Å²) in [4.78, 5) is 7.14. The summed E-state index contributed by atoms with van der Waals surface area (Å²) in [6.45, 7) is 2.55. The van der Waals surface area contributed by atoms with Crippen LogP contribution in [0.15, 0.2) is 42.5 Å². The first-order valence-electron chi connectivity index (χ1n) is 9.47. The minimum absolute atomic E-state index is 0.00503. The molecule has 0 aliphatic rings. The quantitative estimate of drug-likeness (QED) is 0.193. The van der Waals surface area contributed by atoms with Gasteiger partial charge in [0.25, 0.3) is 0 Å². The summed E-state index contributed by atoms with van der Waals surface area (Å²) < 4.78 is 59.7. The summed E-state index contributed by atoms with van der Waals surface area (Å²) in [5.41, 5.74) is 0.415. The number of rotatable bonds is 5. The van der Waals surface area contributed by atoms with Crippen molar-refractivity contribution in [2.45, 2.75) is 13.5 Å². The highest BCUT2D eigenvalue weighted by atomic mass is 19.2. The molecule has 0 unspecified atom stereocenters. The van der Waals surface area contributed by atoms with Gasteiger partial charge in [-0.2, -0.15) is 0 Å². The Bertz CT molecular complexity index is 1290. The summed E-state index contributed by atoms with van der Waals surface area (Å²) in [5, 5.41) is 2.98. The monoisotopic (exact) mass is 423 g/mol. The molecule has 0 fully saturated rings. The summed E-state index contributed by atoms with van der Waals surface area (Å²) in [5.74, 6) is -2.77. The molecule has 3 nitrogen and oxygen atoms in total. The first-order chi connectivity index (χ1) is 14.9. The lowest BCUT2D eigenvalue weighted by atomic mass is 9.96. The molecule has 2 N–H and O–H groups in total. The molecule has 0 radical (unpaired) electrons. The fraction of sp³-hybridized carbons (Fsp3) is 0.125. The summed E-state index contributed by atoms with van der Waals surface area (Å²) >= 11 is 0. The topological polar surface area (TPSA) is 40.7 Å². The third-order valence-electron chi connectivity index (χ3n) is 4.95. The molecule has 0 saturated carbocycles. The standard InChI is InChI=1S/C24H17F4N3/c1-3-10-29-12-14-4-6-15(7-5-14)19-21(25)23(27)20(24(28)22(19)26)16-8-9-17-18(11-16)31-13(2)30-17/h1,4-9,11,29H,10,12H2,2H3,(H,30,31). The molecule has 0 bridgehead atoms. The second-order valence-electron chi connectivity index (χ2n) is 7.06. The van der Waals surface area contributed by atoms with Crippen LogP contribution in [-0.2, 0) is 6.54 Å². The smallest absolute Gasteiger partial charge is 0.170 e. The van der Waals surface area contributed by atoms with Crippen molar-refractivity contribution in [3.63, 3.8) is 0 Å². The van der Waals surface area contributed by atoms with Gasteiger partial charge in [0.1, 0.15) is 5.82 Å². The third kappa shape index (κ3) is 3.78. The van der Waals surface area contributed by atoms with E-state index in [4.69, 9.17) is 6.42 Å². The van der Waals surface area contributed by atoms with E-state index in [0.29, 0.717) is 29.9 Å². The fourth-order valence-corrected chi connectivity index (χ4v) is 3.50. The summed E-state index contributed by atoms with van der Waals surface area (Å²) in [6, 6.07) is 10.3. The van der Waals surface area contributed by atoms with E-state index in [1.807, 2.05) is 0 Å². The second kappa shape index (κ2) is 8.25. The van der Waals surface area contributed by atoms with Crippen molar-refractivity contribution in [2.75, 3.05) is 6.54 Å². The van der Waals surface area contributed by atoms with Gasteiger partial charge in [-0.1, -0.05) is 36.3 Å². The number of halogens is 4. The molecule has 3 aromatic carbocycles. The van der Waals surface area contributed by atoms with Crippen LogP contribution in [-0.4, -0.2) is 16.5 Å². The highest BCUT2D eigenvalue weighted by molar-refractivity contribution is 5.83. The number of aromatic nitrogens is 2. The Morgan fingerprint density at radius 1 is 0.903 bits per heavy atom. The van der Waals surface area contributed by atoms with E-state index in [0.717, 1.165) is 5.56 Å². The molecule has 1 aromatic heterocycles. The van der Waals surface area contributed by atoms with E-state index in [1.165, 1.54) is 30.3 Å². The van der Waals surface area contributed by atoms with Crippen molar-refractivity contribution in [1.29, 1.82) is 0 Å². The van der Waals surface area contributed by atoms with Gasteiger partial charge in [0.15, 0.2) is 23.3 Å². The van der Waals surface area contributed by atoms with Crippen molar-refractivity contribution in [1.82, 2.24) is 15.3 Å². The van der Waals surface area contributed by atoms with Crippen LogP contribution >= 0.6 is 0 Å². The Kier molecular flexibility index (Phi) is 5.49. The van der Waals surface area contributed by atoms with Gasteiger partial charge in [-0.15, -0.1) is 6.42 Å². The molecule has 0 aliphatic carbocycles. The molecule has 1 heterocycles. The third-order valence-corrected chi connectivity index (χ3v) is 4.95. The van der Waals surface area contributed by atoms with E-state index in [1.54, 1.807) is 19.1 Å². The number of nitrogens with zero attached hydrogens (tertiary/aromatic N) is 1. The molecule has 4 rings (SSSR count). The fourth-order valence-electron chi connectivity index (χ4n) is 3.50. The maximum absolute atomic E-state index is 14.9. The van der Waals surface area contributed by atoms with Crippen LogP contribution in [0.5, 0.6) is 0 Å². The minimum Gasteiger partial charge on any atom is -0.342 e. The summed E-state index contributed by atoms with van der Waals surface area (Å²) in [7, 11) is 0. The van der Waals surface area contributed by atoms with E-state index in [2.05, 4.69) is 21.2 Å². The van der Waals surface area contributed by atoms with Crippen molar-refractivity contribution < 1.29 is 17.6 Å². The molecule has 0 aliphatic heterocycles. The maximum atomic E-state index is 14.9. The lowest BCUT2D eigenvalue weighted by Crippen LogP contribution is -2.12. The number of fused-ring (bicyclic) bond motifs is 1. The predicted molar refractivity (Wildman–Crippen MR) is 112 cm³/mol. The molecular weight excluding hydrogens is 406 g/mol. The lowest BCUT2D eigenvalue weighted by Gasteiger charge is -2.13. The van der Waals surface area contributed by atoms with Gasteiger partial charge in [0.05, 0.1) is 28.7 Å². The van der Waals surface area contributed by atoms with Gasteiger partial charge in [-0.25, -0.2) is 22.5 Å². The molecule has 31 heavy (non-hydrogen) atoms. The highest BCUT2D eigenvalue weighted by Gasteiger charge is 2.27. The van der Waals surface area contributed by atoms with E-state index < -0.39 is 34.4 Å². The van der Waals surface area contributed by atoms with Crippen LogP contribution in [0.1, 0.15) is 11.4 Å². The molecule has 0 amide bonds. The number of benzene rings is 3. The van der Waals surface area contributed by atoms with Crippen LogP contribution in [0.2, 0.25) is 0 Å². The molecule has 0 saturated heterocycles. The number of nitrogens with one attached hydrogen (secondary N) is 2. The van der Waals surface area contributed by atoms with Gasteiger partial charge in [-0.05, 0) is 35.7 Å². The average molecular weight is 423 g/mol. The zero-order valence-corrected chi connectivity index (χ0v) is 16.5. The SMILES string of the molecule is C#CCNCc1ccc(-c2c(F)c(F)c(-c3ccc4nc(C)[nH]c4c3)c(F)c2F)cc1. The average Bonchev–Trinajstić information content (AvgIpc) is 3.13. The number of hydrogen-bond acceptors (Lipinski definition) is 2. The Hall–Kier alpha value is -3.63. The number of H-pyrrole nitrogens is 1. The Labute approximate surface area is 176 Å². The molecule has 4 aromatic rings. The molecule has 0 spiro atoms. The highest BCUT2D eigenvalue weighted by Crippen LogP contribution is 2.37. The van der Waals surface area contributed by atoms with Gasteiger partial charge in [0.2, 0.25) is 0 Å². The number of hydrogen-bond donors (Lipinski definition) is 2. The van der Waals surface area contributed by atoms with Crippen LogP contribution in [0.4, 0.5) is 17.6 Å². The Balaban J connectivity index is 1.77. The first kappa shape index (κ1) is 20.6.